The number of fused-ring (bicyclic) bond motifs is 1. The van der Waals surface area contributed by atoms with Crippen molar-refractivity contribution in [3.05, 3.63) is 41.7 Å². The maximum absolute atomic E-state index is 12.5. The predicted molar refractivity (Wildman–Crippen MR) is 87.8 cm³/mol. The van der Waals surface area contributed by atoms with Crippen molar-refractivity contribution < 1.29 is 28.9 Å². The first-order chi connectivity index (χ1) is 12.1. The van der Waals surface area contributed by atoms with Gasteiger partial charge in [0.1, 0.15) is 13.2 Å². The van der Waals surface area contributed by atoms with Gasteiger partial charge in [-0.2, -0.15) is 0 Å². The van der Waals surface area contributed by atoms with Crippen LogP contribution in [-0.2, 0) is 0 Å². The lowest BCUT2D eigenvalue weighted by Crippen LogP contribution is -2.17. The summed E-state index contributed by atoms with van der Waals surface area (Å²) in [5, 5.41) is 10.1. The highest BCUT2D eigenvalue weighted by Crippen LogP contribution is 2.48. The number of phenols is 1. The molecule has 0 fully saturated rings. The molecule has 1 aromatic heterocycles. The van der Waals surface area contributed by atoms with Crippen LogP contribution in [-0.4, -0.2) is 42.0 Å². The van der Waals surface area contributed by atoms with E-state index in [2.05, 4.69) is 4.98 Å². The van der Waals surface area contributed by atoms with E-state index >= 15 is 0 Å². The molecule has 3 rings (SSSR count). The molecule has 130 valence electrons. The van der Waals surface area contributed by atoms with Crippen LogP contribution in [0.2, 0.25) is 0 Å². The van der Waals surface area contributed by atoms with Crippen LogP contribution in [0.3, 0.4) is 0 Å². The predicted octanol–water partition coefficient (Wildman–Crippen LogP) is 2.41. The molecule has 0 saturated heterocycles. The largest absolute Gasteiger partial charge is 0.504 e. The van der Waals surface area contributed by atoms with Crippen molar-refractivity contribution in [2.45, 2.75) is 12.8 Å². The van der Waals surface area contributed by atoms with Gasteiger partial charge in [0, 0.05) is 30.8 Å². The average Bonchev–Trinajstić information content (AvgIpc) is 2.66. The van der Waals surface area contributed by atoms with E-state index in [4.69, 9.17) is 14.2 Å². The molecule has 0 saturated carbocycles. The molecule has 1 N–H and O–H groups in total. The third-order valence-corrected chi connectivity index (χ3v) is 3.81. The summed E-state index contributed by atoms with van der Waals surface area (Å²) >= 11 is 0. The van der Waals surface area contributed by atoms with Crippen molar-refractivity contribution in [2.24, 2.45) is 0 Å². The van der Waals surface area contributed by atoms with Gasteiger partial charge in [-0.15, -0.1) is 0 Å². The molecule has 7 nitrogen and oxygen atoms in total. The lowest BCUT2D eigenvalue weighted by atomic mass is 10.0. The zero-order valence-electron chi connectivity index (χ0n) is 13.7. The molecule has 0 radical (unpaired) electrons. The minimum Gasteiger partial charge on any atom is -0.504 e. The van der Waals surface area contributed by atoms with E-state index in [1.54, 1.807) is 18.3 Å². The maximum Gasteiger partial charge on any atom is 0.208 e. The van der Waals surface area contributed by atoms with Gasteiger partial charge in [0.05, 0.1) is 12.7 Å². The molecule has 0 unspecified atom stereocenters. The number of hydrogen-bond acceptors (Lipinski definition) is 7. The Morgan fingerprint density at radius 2 is 1.92 bits per heavy atom. The third kappa shape index (κ3) is 3.40. The van der Waals surface area contributed by atoms with E-state index in [-0.39, 0.29) is 53.0 Å². The molecular weight excluding hydrogens is 326 g/mol. The SMILES string of the molecule is COc1c(C(=O)CCC(=O)c2cccnc2)cc(O)c2c1OCCO2. The van der Waals surface area contributed by atoms with Crippen LogP contribution in [0.5, 0.6) is 23.0 Å². The van der Waals surface area contributed by atoms with Crippen LogP contribution in [0, 0.1) is 0 Å². The maximum atomic E-state index is 12.5. The smallest absolute Gasteiger partial charge is 0.208 e. The normalized spacial score (nSPS) is 12.5. The number of nitrogens with zero attached hydrogens (tertiary/aromatic N) is 1. The molecule has 0 bridgehead atoms. The first-order valence-electron chi connectivity index (χ1n) is 7.77. The highest BCUT2D eigenvalue weighted by atomic mass is 16.6. The molecule has 2 aromatic rings. The number of aromatic nitrogens is 1. The number of rotatable bonds is 6. The second-order valence-electron chi connectivity index (χ2n) is 5.42. The van der Waals surface area contributed by atoms with Crippen molar-refractivity contribution in [1.82, 2.24) is 4.98 Å². The van der Waals surface area contributed by atoms with Crippen LogP contribution >= 0.6 is 0 Å². The summed E-state index contributed by atoms with van der Waals surface area (Å²) in [6, 6.07) is 4.59. The number of ether oxygens (including phenoxy) is 3. The van der Waals surface area contributed by atoms with Crippen molar-refractivity contribution in [3.8, 4) is 23.0 Å². The number of methoxy groups -OCH3 is 1. The first kappa shape index (κ1) is 16.8. The second kappa shape index (κ2) is 7.21. The van der Waals surface area contributed by atoms with E-state index in [9.17, 15) is 14.7 Å². The van der Waals surface area contributed by atoms with E-state index in [0.717, 1.165) is 0 Å². The number of carbonyl (C=O) groups excluding carboxylic acids is 2. The summed E-state index contributed by atoms with van der Waals surface area (Å²) in [7, 11) is 1.40. The van der Waals surface area contributed by atoms with E-state index in [1.807, 2.05) is 0 Å². The molecule has 1 aliphatic heterocycles. The van der Waals surface area contributed by atoms with Crippen molar-refractivity contribution >= 4 is 11.6 Å². The Kier molecular flexibility index (Phi) is 4.83. The Morgan fingerprint density at radius 3 is 2.60 bits per heavy atom. The summed E-state index contributed by atoms with van der Waals surface area (Å²) in [5.74, 6) is -0.144. The van der Waals surface area contributed by atoms with Gasteiger partial charge in [0.25, 0.3) is 0 Å². The molecule has 0 aliphatic carbocycles. The van der Waals surface area contributed by atoms with Gasteiger partial charge in [0.15, 0.2) is 23.1 Å². The zero-order valence-corrected chi connectivity index (χ0v) is 13.7. The van der Waals surface area contributed by atoms with Crippen LogP contribution < -0.4 is 14.2 Å². The summed E-state index contributed by atoms with van der Waals surface area (Å²) in [5.41, 5.74) is 0.607. The molecule has 0 spiro atoms. The van der Waals surface area contributed by atoms with Gasteiger partial charge in [0.2, 0.25) is 11.5 Å². The number of carbonyl (C=O) groups is 2. The standard InChI is InChI=1S/C18H17NO6/c1-23-16-12(9-15(22)17-18(16)25-8-7-24-17)14(21)5-4-13(20)11-3-2-6-19-10-11/h2-3,6,9-10,22H,4-5,7-8H2,1H3. The number of benzene rings is 1. The Bertz CT molecular complexity index is 803. The topological polar surface area (TPSA) is 95.0 Å². The highest BCUT2D eigenvalue weighted by molar-refractivity contribution is 6.04. The quantitative estimate of drug-likeness (QED) is 0.805. The Labute approximate surface area is 144 Å². The van der Waals surface area contributed by atoms with Gasteiger partial charge in [-0.3, -0.25) is 14.6 Å². The third-order valence-electron chi connectivity index (χ3n) is 3.81. The molecule has 1 aromatic carbocycles. The van der Waals surface area contributed by atoms with Crippen LogP contribution in [0.15, 0.2) is 30.6 Å². The number of ketones is 2. The number of hydrogen-bond donors (Lipinski definition) is 1. The fourth-order valence-corrected chi connectivity index (χ4v) is 2.61. The lowest BCUT2D eigenvalue weighted by molar-refractivity contribution is 0.0914. The molecule has 1 aliphatic rings. The molecule has 0 amide bonds. The Hall–Kier alpha value is -3.09. The number of pyridine rings is 1. The summed E-state index contributed by atoms with van der Waals surface area (Å²) < 4.78 is 16.1. The Morgan fingerprint density at radius 1 is 1.20 bits per heavy atom. The van der Waals surface area contributed by atoms with Gasteiger partial charge < -0.3 is 19.3 Å². The average molecular weight is 343 g/mol. The van der Waals surface area contributed by atoms with Gasteiger partial charge in [-0.1, -0.05) is 0 Å². The summed E-state index contributed by atoms with van der Waals surface area (Å²) in [6.45, 7) is 0.594. The molecule has 7 heteroatoms. The molecular formula is C18H17NO6. The fourth-order valence-electron chi connectivity index (χ4n) is 2.61. The van der Waals surface area contributed by atoms with Crippen molar-refractivity contribution in [1.29, 1.82) is 0 Å². The van der Waals surface area contributed by atoms with Crippen LogP contribution in [0.1, 0.15) is 33.6 Å². The van der Waals surface area contributed by atoms with E-state index in [1.165, 1.54) is 19.4 Å². The first-order valence-corrected chi connectivity index (χ1v) is 7.77. The fraction of sp³-hybridized carbons (Fsp3) is 0.278. The zero-order chi connectivity index (χ0) is 17.8. The second-order valence-corrected chi connectivity index (χ2v) is 5.42. The number of phenolic OH excluding ortho intramolecular Hbond substituents is 1. The van der Waals surface area contributed by atoms with Crippen LogP contribution in [0.4, 0.5) is 0 Å². The minimum absolute atomic E-state index is 0.0246. The summed E-state index contributed by atoms with van der Waals surface area (Å²) in [4.78, 5) is 28.5. The highest BCUT2D eigenvalue weighted by Gasteiger charge is 2.27. The molecule has 2 heterocycles. The molecule has 0 atom stereocenters. The van der Waals surface area contributed by atoms with Gasteiger partial charge in [-0.25, -0.2) is 0 Å². The van der Waals surface area contributed by atoms with E-state index < -0.39 is 0 Å². The molecule has 25 heavy (non-hydrogen) atoms. The number of aromatic hydroxyl groups is 1. The summed E-state index contributed by atoms with van der Waals surface area (Å²) in [6.07, 6.45) is 3.04. The Balaban J connectivity index is 1.80. The minimum atomic E-state index is -0.332. The van der Waals surface area contributed by atoms with Gasteiger partial charge >= 0.3 is 0 Å². The number of Topliss-reactive ketones (excluding diaryl/α,β-unsaturated/α-hetero) is 2. The lowest BCUT2D eigenvalue weighted by Gasteiger charge is -2.22. The van der Waals surface area contributed by atoms with Crippen molar-refractivity contribution in [3.63, 3.8) is 0 Å². The monoisotopic (exact) mass is 343 g/mol. The van der Waals surface area contributed by atoms with E-state index in [0.29, 0.717) is 18.8 Å². The van der Waals surface area contributed by atoms with Gasteiger partial charge in [-0.05, 0) is 18.2 Å². The van der Waals surface area contributed by atoms with Crippen LogP contribution in [0.25, 0.3) is 0 Å². The van der Waals surface area contributed by atoms with Crippen molar-refractivity contribution in [2.75, 3.05) is 20.3 Å².